The van der Waals surface area contributed by atoms with Crippen molar-refractivity contribution in [3.05, 3.63) is 29.3 Å². The molecule has 1 rings (SSSR count). The van der Waals surface area contributed by atoms with E-state index >= 15 is 0 Å². The van der Waals surface area contributed by atoms with Gasteiger partial charge in [0.25, 0.3) is 6.43 Å². The molecule has 0 aliphatic heterocycles. The number of benzene rings is 1. The molecule has 82 valence electrons. The average molecular weight is 215 g/mol. The Labute approximate surface area is 85.5 Å². The van der Waals surface area contributed by atoms with Gasteiger partial charge in [0, 0.05) is 5.56 Å². The summed E-state index contributed by atoms with van der Waals surface area (Å²) in [5.41, 5.74) is 4.86. The summed E-state index contributed by atoms with van der Waals surface area (Å²) in [7, 11) is 0. The number of Topliss-reactive ketones (excluding diaryl/α,β-unsaturated/α-hetero) is 1. The molecule has 0 aliphatic carbocycles. The van der Waals surface area contributed by atoms with E-state index in [1.165, 1.54) is 13.0 Å². The molecule has 0 heterocycles. The number of carbonyl (C=O) groups is 1. The number of hydrogen-bond donors (Lipinski definition) is 2. The van der Waals surface area contributed by atoms with E-state index in [0.29, 0.717) is 0 Å². The van der Waals surface area contributed by atoms with Crippen LogP contribution in [0.25, 0.3) is 0 Å². The number of alkyl halides is 2. The first-order valence-electron chi connectivity index (χ1n) is 4.34. The minimum atomic E-state index is -2.81. The smallest absolute Gasteiger partial charge is 0.267 e. The zero-order chi connectivity index (χ0) is 11.6. The highest BCUT2D eigenvalue weighted by Crippen LogP contribution is 2.28. The number of halogens is 2. The second kappa shape index (κ2) is 4.35. The minimum Gasteiger partial charge on any atom is -0.507 e. The summed E-state index contributed by atoms with van der Waals surface area (Å²) >= 11 is 0. The van der Waals surface area contributed by atoms with Gasteiger partial charge in [0.15, 0.2) is 5.78 Å². The lowest BCUT2D eigenvalue weighted by Crippen LogP contribution is -2.26. The van der Waals surface area contributed by atoms with Crippen LogP contribution in [0.4, 0.5) is 8.78 Å². The summed E-state index contributed by atoms with van der Waals surface area (Å²) in [5.74, 6) is -0.955. The molecule has 1 atom stereocenters. The molecular formula is C10H11F2NO2. The van der Waals surface area contributed by atoms with Gasteiger partial charge in [0.2, 0.25) is 0 Å². The number of hydrogen-bond acceptors (Lipinski definition) is 3. The number of phenolic OH excluding ortho intramolecular Hbond substituents is 1. The fourth-order valence-electron chi connectivity index (χ4n) is 1.15. The molecule has 0 saturated heterocycles. The zero-order valence-corrected chi connectivity index (χ0v) is 8.08. The van der Waals surface area contributed by atoms with Gasteiger partial charge in [-0.05, 0) is 25.1 Å². The van der Waals surface area contributed by atoms with Crippen LogP contribution in [0.3, 0.4) is 0 Å². The van der Waals surface area contributed by atoms with Gasteiger partial charge in [0.05, 0.1) is 11.6 Å². The van der Waals surface area contributed by atoms with Crippen molar-refractivity contribution in [3.8, 4) is 5.75 Å². The molecule has 0 radical (unpaired) electrons. The number of ketones is 1. The Kier molecular flexibility index (Phi) is 3.36. The topological polar surface area (TPSA) is 63.3 Å². The second-order valence-electron chi connectivity index (χ2n) is 3.23. The van der Waals surface area contributed by atoms with Crippen molar-refractivity contribution in [2.75, 3.05) is 0 Å². The van der Waals surface area contributed by atoms with Crippen molar-refractivity contribution < 1.29 is 18.7 Å². The molecule has 0 spiro atoms. The van der Waals surface area contributed by atoms with E-state index in [2.05, 4.69) is 0 Å². The van der Waals surface area contributed by atoms with Gasteiger partial charge in [-0.3, -0.25) is 4.79 Å². The third kappa shape index (κ3) is 2.50. The molecule has 1 unspecified atom stereocenters. The summed E-state index contributed by atoms with van der Waals surface area (Å²) in [5, 5.41) is 9.10. The van der Waals surface area contributed by atoms with Gasteiger partial charge in [0.1, 0.15) is 5.75 Å². The lowest BCUT2D eigenvalue weighted by molar-refractivity contribution is 0.0967. The third-order valence-corrected chi connectivity index (χ3v) is 1.96. The van der Waals surface area contributed by atoms with Gasteiger partial charge in [-0.2, -0.15) is 0 Å². The number of aromatic hydroxyl groups is 1. The van der Waals surface area contributed by atoms with Crippen LogP contribution < -0.4 is 5.73 Å². The first kappa shape index (κ1) is 11.6. The number of nitrogens with two attached hydrogens (primary N) is 1. The van der Waals surface area contributed by atoms with Gasteiger partial charge >= 0.3 is 0 Å². The lowest BCUT2D eigenvalue weighted by Gasteiger charge is -2.08. The Balaban J connectivity index is 3.13. The summed E-state index contributed by atoms with van der Waals surface area (Å²) in [6.07, 6.45) is -2.81. The Morgan fingerprint density at radius 2 is 2.07 bits per heavy atom. The van der Waals surface area contributed by atoms with Crippen molar-refractivity contribution >= 4 is 5.78 Å². The molecule has 3 nitrogen and oxygen atoms in total. The normalized spacial score (nSPS) is 12.9. The highest BCUT2D eigenvalue weighted by molar-refractivity contribution is 6.00. The van der Waals surface area contributed by atoms with Crippen LogP contribution in [-0.2, 0) is 0 Å². The molecule has 0 aliphatic rings. The maximum absolute atomic E-state index is 12.4. The van der Waals surface area contributed by atoms with E-state index < -0.39 is 29.6 Å². The summed E-state index contributed by atoms with van der Waals surface area (Å²) in [4.78, 5) is 11.4. The molecule has 1 aromatic rings. The van der Waals surface area contributed by atoms with Crippen LogP contribution in [-0.4, -0.2) is 16.9 Å². The number of phenols is 1. The Morgan fingerprint density at radius 3 is 2.53 bits per heavy atom. The largest absolute Gasteiger partial charge is 0.507 e. The van der Waals surface area contributed by atoms with Crippen LogP contribution in [0.5, 0.6) is 5.75 Å². The highest BCUT2D eigenvalue weighted by atomic mass is 19.3. The summed E-state index contributed by atoms with van der Waals surface area (Å²) in [6.45, 7) is 1.47. The van der Waals surface area contributed by atoms with Gasteiger partial charge in [-0.15, -0.1) is 0 Å². The standard InChI is InChI=1S/C10H11F2NO2/c1-5(13)9(15)6-2-3-8(14)7(4-6)10(11)12/h2-5,10,14H,13H2,1H3. The van der Waals surface area contributed by atoms with E-state index in [1.807, 2.05) is 0 Å². The SMILES string of the molecule is CC(N)C(=O)c1ccc(O)c(C(F)F)c1. The maximum Gasteiger partial charge on any atom is 0.267 e. The van der Waals surface area contributed by atoms with Crippen molar-refractivity contribution in [3.63, 3.8) is 0 Å². The van der Waals surface area contributed by atoms with E-state index in [0.717, 1.165) is 12.1 Å². The van der Waals surface area contributed by atoms with E-state index in [-0.39, 0.29) is 5.56 Å². The molecular weight excluding hydrogens is 204 g/mol. The Bertz CT molecular complexity index is 378. The number of rotatable bonds is 3. The molecule has 1 aromatic carbocycles. The zero-order valence-electron chi connectivity index (χ0n) is 8.08. The fourth-order valence-corrected chi connectivity index (χ4v) is 1.15. The maximum atomic E-state index is 12.4. The average Bonchev–Trinajstić information content (AvgIpc) is 2.16. The van der Waals surface area contributed by atoms with E-state index in [9.17, 15) is 13.6 Å². The van der Waals surface area contributed by atoms with Gasteiger partial charge in [-0.1, -0.05) is 0 Å². The van der Waals surface area contributed by atoms with Crippen molar-refractivity contribution in [2.24, 2.45) is 5.73 Å². The Morgan fingerprint density at radius 1 is 1.47 bits per heavy atom. The van der Waals surface area contributed by atoms with E-state index in [1.54, 1.807) is 0 Å². The van der Waals surface area contributed by atoms with Crippen LogP contribution in [0.2, 0.25) is 0 Å². The Hall–Kier alpha value is -1.49. The van der Waals surface area contributed by atoms with Crippen LogP contribution >= 0.6 is 0 Å². The first-order chi connectivity index (χ1) is 6.93. The summed E-state index contributed by atoms with van der Waals surface area (Å²) < 4.78 is 24.7. The minimum absolute atomic E-state index is 0.0816. The molecule has 5 heteroatoms. The molecule has 0 amide bonds. The van der Waals surface area contributed by atoms with Gasteiger partial charge < -0.3 is 10.8 Å². The van der Waals surface area contributed by atoms with Crippen molar-refractivity contribution in [2.45, 2.75) is 19.4 Å². The van der Waals surface area contributed by atoms with Crippen LogP contribution in [0.15, 0.2) is 18.2 Å². The molecule has 0 aromatic heterocycles. The fraction of sp³-hybridized carbons (Fsp3) is 0.300. The second-order valence-corrected chi connectivity index (χ2v) is 3.23. The molecule has 3 N–H and O–H groups in total. The predicted molar refractivity (Wildman–Crippen MR) is 51.0 cm³/mol. The molecule has 0 saturated carbocycles. The van der Waals surface area contributed by atoms with Crippen molar-refractivity contribution in [1.82, 2.24) is 0 Å². The van der Waals surface area contributed by atoms with Crippen LogP contribution in [0, 0.1) is 0 Å². The van der Waals surface area contributed by atoms with Crippen molar-refractivity contribution in [1.29, 1.82) is 0 Å². The van der Waals surface area contributed by atoms with Gasteiger partial charge in [-0.25, -0.2) is 8.78 Å². The van der Waals surface area contributed by atoms with Crippen LogP contribution in [0.1, 0.15) is 29.3 Å². The first-order valence-corrected chi connectivity index (χ1v) is 4.34. The summed E-state index contributed by atoms with van der Waals surface area (Å²) in [6, 6.07) is 2.55. The quantitative estimate of drug-likeness (QED) is 0.756. The monoisotopic (exact) mass is 215 g/mol. The molecule has 0 fully saturated rings. The highest BCUT2D eigenvalue weighted by Gasteiger charge is 2.17. The predicted octanol–water partition coefficient (Wildman–Crippen LogP) is 1.86. The molecule has 15 heavy (non-hydrogen) atoms. The lowest BCUT2D eigenvalue weighted by atomic mass is 10.0. The third-order valence-electron chi connectivity index (χ3n) is 1.96. The van der Waals surface area contributed by atoms with E-state index in [4.69, 9.17) is 10.8 Å². The number of carbonyl (C=O) groups excluding carboxylic acids is 1. The molecule has 0 bridgehead atoms.